The van der Waals surface area contributed by atoms with E-state index in [9.17, 15) is 0 Å². The molecule has 2 aromatic rings. The van der Waals surface area contributed by atoms with E-state index in [1.54, 1.807) is 7.11 Å². The lowest BCUT2D eigenvalue weighted by atomic mass is 10.4. The van der Waals surface area contributed by atoms with Gasteiger partial charge in [0, 0.05) is 13.1 Å². The first kappa shape index (κ1) is 13.6. The summed E-state index contributed by atoms with van der Waals surface area (Å²) >= 11 is 6.01. The molecule has 1 fully saturated rings. The van der Waals surface area contributed by atoms with E-state index >= 15 is 0 Å². The molecule has 3 heterocycles. The normalized spacial score (nSPS) is 16.1. The van der Waals surface area contributed by atoms with Crippen molar-refractivity contribution in [1.29, 1.82) is 0 Å². The Bertz CT molecular complexity index is 594. The van der Waals surface area contributed by atoms with Gasteiger partial charge in [-0.2, -0.15) is 4.98 Å². The zero-order valence-electron chi connectivity index (χ0n) is 11.5. The summed E-state index contributed by atoms with van der Waals surface area (Å²) in [5.41, 5.74) is 1.48. The number of aromatic nitrogens is 4. The van der Waals surface area contributed by atoms with Crippen LogP contribution in [-0.4, -0.2) is 51.2 Å². The number of imidazole rings is 1. The number of hydrogen-bond acceptors (Lipinski definition) is 5. The van der Waals surface area contributed by atoms with Crippen molar-refractivity contribution in [3.05, 3.63) is 12.2 Å². The van der Waals surface area contributed by atoms with Gasteiger partial charge in [-0.1, -0.05) is 0 Å². The molecule has 6 nitrogen and oxygen atoms in total. The zero-order valence-corrected chi connectivity index (χ0v) is 12.3. The molecule has 0 radical (unpaired) electrons. The third-order valence-corrected chi connectivity index (χ3v) is 3.97. The summed E-state index contributed by atoms with van der Waals surface area (Å²) in [6, 6.07) is 0. The molecule has 0 bridgehead atoms. The van der Waals surface area contributed by atoms with Crippen LogP contribution >= 0.6 is 11.6 Å². The van der Waals surface area contributed by atoms with Crippen molar-refractivity contribution in [2.45, 2.75) is 25.3 Å². The molecule has 20 heavy (non-hydrogen) atoms. The molecular weight excluding hydrogens is 278 g/mol. The molecule has 0 aromatic carbocycles. The fraction of sp³-hybridized carbons (Fsp3) is 0.615. The Hall–Kier alpha value is -1.40. The second-order valence-corrected chi connectivity index (χ2v) is 5.18. The molecule has 1 aliphatic rings. The molecule has 0 aliphatic carbocycles. The first-order chi connectivity index (χ1) is 9.83. The van der Waals surface area contributed by atoms with Gasteiger partial charge in [-0.3, -0.25) is 0 Å². The minimum Gasteiger partial charge on any atom is -0.479 e. The van der Waals surface area contributed by atoms with Crippen molar-refractivity contribution in [1.82, 2.24) is 24.4 Å². The van der Waals surface area contributed by atoms with E-state index in [-0.39, 0.29) is 0 Å². The fourth-order valence-corrected chi connectivity index (χ4v) is 2.90. The monoisotopic (exact) mass is 295 g/mol. The molecule has 7 heteroatoms. The predicted molar refractivity (Wildman–Crippen MR) is 77.1 cm³/mol. The number of likely N-dealkylation sites (tertiary alicyclic amines) is 1. The highest BCUT2D eigenvalue weighted by molar-refractivity contribution is 6.16. The van der Waals surface area contributed by atoms with Gasteiger partial charge in [-0.15, -0.1) is 11.6 Å². The number of hydrogen-bond donors (Lipinski definition) is 0. The molecule has 0 atom stereocenters. The molecule has 2 aromatic heterocycles. The summed E-state index contributed by atoms with van der Waals surface area (Å²) in [6.07, 6.45) is 4.10. The number of ether oxygens (including phenoxy) is 1. The molecule has 0 amide bonds. The van der Waals surface area contributed by atoms with Crippen molar-refractivity contribution in [3.63, 3.8) is 0 Å². The van der Waals surface area contributed by atoms with Crippen LogP contribution < -0.4 is 4.74 Å². The van der Waals surface area contributed by atoms with E-state index < -0.39 is 0 Å². The molecule has 1 saturated heterocycles. The quantitative estimate of drug-likeness (QED) is 0.786. The van der Waals surface area contributed by atoms with Crippen LogP contribution in [0.25, 0.3) is 11.2 Å². The van der Waals surface area contributed by atoms with Crippen molar-refractivity contribution in [2.24, 2.45) is 0 Å². The van der Waals surface area contributed by atoms with Crippen LogP contribution in [0.1, 0.15) is 18.7 Å². The maximum absolute atomic E-state index is 6.01. The number of nitrogens with zero attached hydrogens (tertiary/aromatic N) is 5. The summed E-state index contributed by atoms with van der Waals surface area (Å²) in [5.74, 6) is 1.68. The highest BCUT2D eigenvalue weighted by Gasteiger charge is 2.17. The average molecular weight is 296 g/mol. The lowest BCUT2D eigenvalue weighted by molar-refractivity contribution is 0.322. The van der Waals surface area contributed by atoms with E-state index in [4.69, 9.17) is 16.3 Å². The Morgan fingerprint density at radius 1 is 1.25 bits per heavy atom. The highest BCUT2D eigenvalue weighted by atomic mass is 35.5. The zero-order chi connectivity index (χ0) is 13.9. The van der Waals surface area contributed by atoms with Crippen molar-refractivity contribution < 1.29 is 4.74 Å². The van der Waals surface area contributed by atoms with Crippen molar-refractivity contribution in [2.75, 3.05) is 26.7 Å². The van der Waals surface area contributed by atoms with E-state index in [2.05, 4.69) is 24.4 Å². The SMILES string of the molecule is COc1ncnc2c1nc(CCl)n2CCN1CCCC1. The van der Waals surface area contributed by atoms with Gasteiger partial charge in [-0.25, -0.2) is 9.97 Å². The molecule has 0 spiro atoms. The molecular formula is C13H18ClN5O. The van der Waals surface area contributed by atoms with Crippen LogP contribution in [0.4, 0.5) is 0 Å². The van der Waals surface area contributed by atoms with Gasteiger partial charge in [0.25, 0.3) is 0 Å². The Morgan fingerprint density at radius 3 is 2.75 bits per heavy atom. The minimum atomic E-state index is 0.361. The number of fused-ring (bicyclic) bond motifs is 1. The van der Waals surface area contributed by atoms with Gasteiger partial charge >= 0.3 is 0 Å². The van der Waals surface area contributed by atoms with Crippen LogP contribution in [0, 0.1) is 0 Å². The fourth-order valence-electron chi connectivity index (χ4n) is 2.69. The van der Waals surface area contributed by atoms with Gasteiger partial charge in [0.2, 0.25) is 5.88 Å². The summed E-state index contributed by atoms with van der Waals surface area (Å²) in [6.45, 7) is 4.21. The standard InChI is InChI=1S/C13H18ClN5O/c1-20-13-11-12(15-9-16-13)19(10(8-14)17-11)7-6-18-4-2-3-5-18/h9H,2-8H2,1H3. The van der Waals surface area contributed by atoms with Gasteiger partial charge in [0.05, 0.1) is 13.0 Å². The van der Waals surface area contributed by atoms with Gasteiger partial charge in [0.15, 0.2) is 11.2 Å². The van der Waals surface area contributed by atoms with E-state index in [0.717, 1.165) is 24.6 Å². The minimum absolute atomic E-state index is 0.361. The summed E-state index contributed by atoms with van der Waals surface area (Å²) in [4.78, 5) is 15.4. The number of alkyl halides is 1. The third kappa shape index (κ3) is 2.45. The lowest BCUT2D eigenvalue weighted by Gasteiger charge is -2.15. The van der Waals surface area contributed by atoms with Gasteiger partial charge in [-0.05, 0) is 25.9 Å². The van der Waals surface area contributed by atoms with Crippen LogP contribution in [0.15, 0.2) is 6.33 Å². The van der Waals surface area contributed by atoms with E-state index in [0.29, 0.717) is 17.3 Å². The molecule has 0 N–H and O–H groups in total. The van der Waals surface area contributed by atoms with Gasteiger partial charge in [0.1, 0.15) is 12.2 Å². The van der Waals surface area contributed by atoms with Crippen molar-refractivity contribution >= 4 is 22.8 Å². The Kier molecular flexibility index (Phi) is 4.03. The van der Waals surface area contributed by atoms with Crippen LogP contribution in [0.5, 0.6) is 5.88 Å². The van der Waals surface area contributed by atoms with E-state index in [1.807, 2.05) is 0 Å². The smallest absolute Gasteiger partial charge is 0.245 e. The number of rotatable bonds is 5. The predicted octanol–water partition coefficient (Wildman–Crippen LogP) is 1.67. The van der Waals surface area contributed by atoms with Crippen LogP contribution in [-0.2, 0) is 12.4 Å². The molecule has 0 unspecified atom stereocenters. The first-order valence-corrected chi connectivity index (χ1v) is 7.39. The average Bonchev–Trinajstić information content (AvgIpc) is 3.11. The molecule has 1 aliphatic heterocycles. The van der Waals surface area contributed by atoms with Crippen LogP contribution in [0.2, 0.25) is 0 Å². The first-order valence-electron chi connectivity index (χ1n) is 6.86. The second kappa shape index (κ2) is 5.93. The Balaban J connectivity index is 1.91. The van der Waals surface area contributed by atoms with Crippen molar-refractivity contribution in [3.8, 4) is 5.88 Å². The number of halogens is 1. The Labute approximate surface area is 122 Å². The summed E-state index contributed by atoms with van der Waals surface area (Å²) < 4.78 is 7.31. The lowest BCUT2D eigenvalue weighted by Crippen LogP contribution is -2.24. The molecule has 3 rings (SSSR count). The third-order valence-electron chi connectivity index (χ3n) is 3.73. The van der Waals surface area contributed by atoms with Crippen LogP contribution in [0.3, 0.4) is 0 Å². The second-order valence-electron chi connectivity index (χ2n) is 4.92. The maximum Gasteiger partial charge on any atom is 0.245 e. The Morgan fingerprint density at radius 2 is 2.05 bits per heavy atom. The molecule has 0 saturated carbocycles. The summed E-state index contributed by atoms with van der Waals surface area (Å²) in [5, 5.41) is 0. The molecule has 108 valence electrons. The summed E-state index contributed by atoms with van der Waals surface area (Å²) in [7, 11) is 1.59. The number of methoxy groups -OCH3 is 1. The maximum atomic E-state index is 6.01. The van der Waals surface area contributed by atoms with Gasteiger partial charge < -0.3 is 14.2 Å². The topological polar surface area (TPSA) is 56.1 Å². The van der Waals surface area contributed by atoms with E-state index in [1.165, 1.54) is 32.3 Å². The largest absolute Gasteiger partial charge is 0.479 e. The highest BCUT2D eigenvalue weighted by Crippen LogP contribution is 2.22.